The van der Waals surface area contributed by atoms with Crippen molar-refractivity contribution in [1.82, 2.24) is 5.32 Å². The smallest absolute Gasteiger partial charge is 0.335 e. The predicted octanol–water partition coefficient (Wildman–Crippen LogP) is -0.0916. The molecule has 1 unspecified atom stereocenters. The molecule has 1 aliphatic heterocycles. The molecule has 0 saturated carbocycles. The molecule has 4 heteroatoms. The standard InChI is InChI=1S/C9H17NO3/c1-9(2,3)13-8(12)7(11)6-4-10-5-6/h6-7,10-11H,4-5H2,1-3H3. The summed E-state index contributed by atoms with van der Waals surface area (Å²) in [6.45, 7) is 6.75. The van der Waals surface area contributed by atoms with E-state index in [1.807, 2.05) is 0 Å². The molecular weight excluding hydrogens is 170 g/mol. The number of esters is 1. The minimum Gasteiger partial charge on any atom is -0.458 e. The van der Waals surface area contributed by atoms with Crippen LogP contribution in [0.4, 0.5) is 0 Å². The number of carbonyl (C=O) groups is 1. The number of ether oxygens (including phenoxy) is 1. The van der Waals surface area contributed by atoms with Crippen molar-refractivity contribution in [2.75, 3.05) is 13.1 Å². The predicted molar refractivity (Wildman–Crippen MR) is 48.2 cm³/mol. The molecule has 0 aromatic rings. The molecule has 13 heavy (non-hydrogen) atoms. The maximum Gasteiger partial charge on any atom is 0.335 e. The van der Waals surface area contributed by atoms with Crippen molar-refractivity contribution in [3.8, 4) is 0 Å². The third-order valence-corrected chi connectivity index (χ3v) is 1.91. The lowest BCUT2D eigenvalue weighted by atomic mass is 9.96. The molecule has 1 fully saturated rings. The maximum atomic E-state index is 11.3. The van der Waals surface area contributed by atoms with Crippen LogP contribution in [-0.2, 0) is 9.53 Å². The van der Waals surface area contributed by atoms with Crippen LogP contribution in [0, 0.1) is 5.92 Å². The van der Waals surface area contributed by atoms with Gasteiger partial charge in [0.25, 0.3) is 0 Å². The Morgan fingerprint density at radius 3 is 2.38 bits per heavy atom. The van der Waals surface area contributed by atoms with Gasteiger partial charge in [0, 0.05) is 19.0 Å². The quantitative estimate of drug-likeness (QED) is 0.593. The van der Waals surface area contributed by atoms with Crippen molar-refractivity contribution in [3.63, 3.8) is 0 Å². The summed E-state index contributed by atoms with van der Waals surface area (Å²) in [6.07, 6.45) is -0.972. The first-order valence-electron chi connectivity index (χ1n) is 4.52. The summed E-state index contributed by atoms with van der Waals surface area (Å²) in [5.41, 5.74) is -0.519. The van der Waals surface area contributed by atoms with Crippen molar-refractivity contribution < 1.29 is 14.6 Å². The van der Waals surface area contributed by atoms with Gasteiger partial charge in [-0.25, -0.2) is 4.79 Å². The number of rotatable bonds is 2. The van der Waals surface area contributed by atoms with Crippen LogP contribution in [0.15, 0.2) is 0 Å². The Labute approximate surface area is 78.3 Å². The second kappa shape index (κ2) is 3.64. The fourth-order valence-electron chi connectivity index (χ4n) is 1.09. The maximum absolute atomic E-state index is 11.3. The molecule has 1 rings (SSSR count). The number of aliphatic hydroxyl groups is 1. The third kappa shape index (κ3) is 2.97. The summed E-state index contributed by atoms with van der Waals surface area (Å²) in [5, 5.41) is 12.5. The molecule has 2 N–H and O–H groups in total. The normalized spacial score (nSPS) is 20.6. The lowest BCUT2D eigenvalue weighted by molar-refractivity contribution is -0.169. The van der Waals surface area contributed by atoms with E-state index in [2.05, 4.69) is 5.32 Å². The lowest BCUT2D eigenvalue weighted by Crippen LogP contribution is -2.52. The van der Waals surface area contributed by atoms with Crippen LogP contribution in [0.3, 0.4) is 0 Å². The van der Waals surface area contributed by atoms with Crippen LogP contribution in [0.2, 0.25) is 0 Å². The van der Waals surface area contributed by atoms with E-state index in [0.29, 0.717) is 13.1 Å². The average molecular weight is 187 g/mol. The van der Waals surface area contributed by atoms with E-state index in [9.17, 15) is 9.90 Å². The van der Waals surface area contributed by atoms with Gasteiger partial charge in [0.2, 0.25) is 0 Å². The molecule has 1 heterocycles. The Bertz CT molecular complexity index is 194. The molecule has 0 radical (unpaired) electrons. The zero-order valence-corrected chi connectivity index (χ0v) is 8.33. The van der Waals surface area contributed by atoms with Gasteiger partial charge in [-0.1, -0.05) is 0 Å². The van der Waals surface area contributed by atoms with Crippen LogP contribution < -0.4 is 5.32 Å². The summed E-state index contributed by atoms with van der Waals surface area (Å²) in [6, 6.07) is 0. The van der Waals surface area contributed by atoms with Crippen molar-refractivity contribution in [2.45, 2.75) is 32.5 Å². The molecule has 0 bridgehead atoms. The summed E-state index contributed by atoms with van der Waals surface area (Å²) in [7, 11) is 0. The summed E-state index contributed by atoms with van der Waals surface area (Å²) in [4.78, 5) is 11.3. The van der Waals surface area contributed by atoms with Crippen LogP contribution in [0.25, 0.3) is 0 Å². The van der Waals surface area contributed by atoms with E-state index >= 15 is 0 Å². The van der Waals surface area contributed by atoms with Gasteiger partial charge in [-0.2, -0.15) is 0 Å². The first-order valence-corrected chi connectivity index (χ1v) is 4.52. The highest BCUT2D eigenvalue weighted by Gasteiger charge is 2.33. The van der Waals surface area contributed by atoms with E-state index in [1.165, 1.54) is 0 Å². The molecular formula is C9H17NO3. The van der Waals surface area contributed by atoms with Gasteiger partial charge in [0.05, 0.1) is 0 Å². The van der Waals surface area contributed by atoms with Crippen molar-refractivity contribution in [1.29, 1.82) is 0 Å². The molecule has 76 valence electrons. The van der Waals surface area contributed by atoms with Gasteiger partial charge in [0.1, 0.15) is 5.60 Å². The van der Waals surface area contributed by atoms with Crippen molar-refractivity contribution in [2.24, 2.45) is 5.92 Å². The van der Waals surface area contributed by atoms with E-state index in [1.54, 1.807) is 20.8 Å². The van der Waals surface area contributed by atoms with E-state index < -0.39 is 17.7 Å². The monoisotopic (exact) mass is 187 g/mol. The largest absolute Gasteiger partial charge is 0.458 e. The van der Waals surface area contributed by atoms with E-state index in [0.717, 1.165) is 0 Å². The molecule has 0 spiro atoms. The van der Waals surface area contributed by atoms with Crippen molar-refractivity contribution in [3.05, 3.63) is 0 Å². The molecule has 1 aliphatic rings. The molecule has 1 atom stereocenters. The summed E-state index contributed by atoms with van der Waals surface area (Å²) < 4.78 is 5.04. The number of carbonyl (C=O) groups excluding carboxylic acids is 1. The lowest BCUT2D eigenvalue weighted by Gasteiger charge is -2.31. The third-order valence-electron chi connectivity index (χ3n) is 1.91. The molecule has 4 nitrogen and oxygen atoms in total. The Hall–Kier alpha value is -0.610. The fourth-order valence-corrected chi connectivity index (χ4v) is 1.09. The summed E-state index contributed by atoms with van der Waals surface area (Å²) >= 11 is 0. The van der Waals surface area contributed by atoms with E-state index in [4.69, 9.17) is 4.74 Å². The van der Waals surface area contributed by atoms with Crippen LogP contribution in [0.1, 0.15) is 20.8 Å². The van der Waals surface area contributed by atoms with Gasteiger partial charge < -0.3 is 15.2 Å². The molecule has 0 aromatic heterocycles. The topological polar surface area (TPSA) is 58.6 Å². The van der Waals surface area contributed by atoms with Gasteiger partial charge >= 0.3 is 5.97 Å². The number of hydrogen-bond donors (Lipinski definition) is 2. The van der Waals surface area contributed by atoms with Crippen LogP contribution >= 0.6 is 0 Å². The molecule has 1 saturated heterocycles. The minimum atomic E-state index is -0.972. The Morgan fingerprint density at radius 2 is 2.08 bits per heavy atom. The Balaban J connectivity index is 2.38. The average Bonchev–Trinajstić information content (AvgIpc) is 1.78. The first kappa shape index (κ1) is 10.5. The van der Waals surface area contributed by atoms with Crippen molar-refractivity contribution >= 4 is 5.97 Å². The van der Waals surface area contributed by atoms with Crippen LogP contribution in [0.5, 0.6) is 0 Å². The highest BCUT2D eigenvalue weighted by Crippen LogP contribution is 2.14. The number of aliphatic hydroxyl groups excluding tert-OH is 1. The zero-order valence-electron chi connectivity index (χ0n) is 8.33. The fraction of sp³-hybridized carbons (Fsp3) is 0.889. The number of hydrogen-bond acceptors (Lipinski definition) is 4. The second-order valence-corrected chi connectivity index (χ2v) is 4.40. The Kier molecular flexibility index (Phi) is 2.93. The first-order chi connectivity index (χ1) is 5.90. The SMILES string of the molecule is CC(C)(C)OC(=O)C(O)C1CNC1. The molecule has 0 aliphatic carbocycles. The minimum absolute atomic E-state index is 0.0230. The highest BCUT2D eigenvalue weighted by atomic mass is 16.6. The van der Waals surface area contributed by atoms with Gasteiger partial charge in [-0.15, -0.1) is 0 Å². The van der Waals surface area contributed by atoms with Gasteiger partial charge in [0.15, 0.2) is 6.10 Å². The van der Waals surface area contributed by atoms with Crippen LogP contribution in [-0.4, -0.2) is 35.9 Å². The highest BCUT2D eigenvalue weighted by molar-refractivity contribution is 5.75. The molecule has 0 amide bonds. The van der Waals surface area contributed by atoms with Gasteiger partial charge in [-0.3, -0.25) is 0 Å². The molecule has 0 aromatic carbocycles. The van der Waals surface area contributed by atoms with E-state index in [-0.39, 0.29) is 5.92 Å². The van der Waals surface area contributed by atoms with Gasteiger partial charge in [-0.05, 0) is 20.8 Å². The zero-order chi connectivity index (χ0) is 10.1. The summed E-state index contributed by atoms with van der Waals surface area (Å²) in [5.74, 6) is -0.492. The number of nitrogens with one attached hydrogen (secondary N) is 1. The second-order valence-electron chi connectivity index (χ2n) is 4.40. The Morgan fingerprint density at radius 1 is 1.54 bits per heavy atom.